The van der Waals surface area contributed by atoms with E-state index >= 15 is 0 Å². The first-order valence-corrected chi connectivity index (χ1v) is 9.22. The SMILES string of the molecule is CC1CCCC(NCC(C(C)C)N2CCN(C)CC2)CC1. The van der Waals surface area contributed by atoms with Crippen LogP contribution >= 0.6 is 0 Å². The summed E-state index contributed by atoms with van der Waals surface area (Å²) in [6.45, 7) is 13.3. The second-order valence-electron chi connectivity index (χ2n) is 7.87. The predicted molar refractivity (Wildman–Crippen MR) is 91.7 cm³/mol. The molecular formula is C18H37N3. The summed E-state index contributed by atoms with van der Waals surface area (Å²) in [5, 5.41) is 3.92. The smallest absolute Gasteiger partial charge is 0.0244 e. The third-order valence-electron chi connectivity index (χ3n) is 5.65. The Morgan fingerprint density at radius 2 is 1.71 bits per heavy atom. The molecule has 0 aromatic rings. The summed E-state index contributed by atoms with van der Waals surface area (Å²) in [4.78, 5) is 5.17. The summed E-state index contributed by atoms with van der Waals surface area (Å²) >= 11 is 0. The third kappa shape index (κ3) is 5.54. The van der Waals surface area contributed by atoms with Crippen LogP contribution in [0.5, 0.6) is 0 Å². The van der Waals surface area contributed by atoms with E-state index in [1.165, 1.54) is 64.8 Å². The van der Waals surface area contributed by atoms with Gasteiger partial charge in [-0.1, -0.05) is 33.6 Å². The molecule has 1 saturated carbocycles. The normalized spacial score (nSPS) is 31.3. The van der Waals surface area contributed by atoms with Crippen molar-refractivity contribution in [1.29, 1.82) is 0 Å². The van der Waals surface area contributed by atoms with Crippen molar-refractivity contribution in [3.63, 3.8) is 0 Å². The number of likely N-dealkylation sites (N-methyl/N-ethyl adjacent to an activating group) is 1. The van der Waals surface area contributed by atoms with E-state index in [9.17, 15) is 0 Å². The fraction of sp³-hybridized carbons (Fsp3) is 1.00. The summed E-state index contributed by atoms with van der Waals surface area (Å²) in [7, 11) is 2.24. The predicted octanol–water partition coefficient (Wildman–Crippen LogP) is 2.82. The molecule has 21 heavy (non-hydrogen) atoms. The second kappa shape index (κ2) is 8.50. The summed E-state index contributed by atoms with van der Waals surface area (Å²) in [6.07, 6.45) is 7.04. The Bertz CT molecular complexity index is 284. The zero-order valence-electron chi connectivity index (χ0n) is 14.8. The van der Waals surface area contributed by atoms with Crippen LogP contribution in [0.25, 0.3) is 0 Å². The van der Waals surface area contributed by atoms with E-state index in [1.54, 1.807) is 0 Å². The second-order valence-corrected chi connectivity index (χ2v) is 7.87. The van der Waals surface area contributed by atoms with Crippen LogP contribution in [-0.4, -0.2) is 61.7 Å². The molecule has 3 nitrogen and oxygen atoms in total. The summed E-state index contributed by atoms with van der Waals surface area (Å²) in [5.41, 5.74) is 0. The molecule has 0 bridgehead atoms. The van der Waals surface area contributed by atoms with E-state index in [4.69, 9.17) is 0 Å². The number of rotatable bonds is 5. The van der Waals surface area contributed by atoms with Gasteiger partial charge < -0.3 is 10.2 Å². The van der Waals surface area contributed by atoms with Crippen molar-refractivity contribution in [1.82, 2.24) is 15.1 Å². The first kappa shape index (κ1) is 17.2. The molecule has 1 heterocycles. The molecule has 0 spiro atoms. The maximum absolute atomic E-state index is 3.92. The van der Waals surface area contributed by atoms with Crippen LogP contribution in [0.2, 0.25) is 0 Å². The lowest BCUT2D eigenvalue weighted by atomic mass is 10.00. The van der Waals surface area contributed by atoms with E-state index in [-0.39, 0.29) is 0 Å². The molecule has 124 valence electrons. The molecule has 1 aliphatic carbocycles. The van der Waals surface area contributed by atoms with Crippen molar-refractivity contribution in [3.8, 4) is 0 Å². The highest BCUT2D eigenvalue weighted by atomic mass is 15.3. The lowest BCUT2D eigenvalue weighted by Gasteiger charge is -2.40. The van der Waals surface area contributed by atoms with Crippen molar-refractivity contribution in [2.24, 2.45) is 11.8 Å². The molecule has 1 N–H and O–H groups in total. The maximum Gasteiger partial charge on any atom is 0.0244 e. The minimum atomic E-state index is 0.708. The molecule has 0 aromatic heterocycles. The quantitative estimate of drug-likeness (QED) is 0.787. The third-order valence-corrected chi connectivity index (χ3v) is 5.65. The number of nitrogens with zero attached hydrogens (tertiary/aromatic N) is 2. The van der Waals surface area contributed by atoms with Crippen LogP contribution in [0.4, 0.5) is 0 Å². The van der Waals surface area contributed by atoms with Gasteiger partial charge in [-0.25, -0.2) is 0 Å². The van der Waals surface area contributed by atoms with Gasteiger partial charge in [-0.15, -0.1) is 0 Å². The molecule has 3 atom stereocenters. The molecular weight excluding hydrogens is 258 g/mol. The van der Waals surface area contributed by atoms with Gasteiger partial charge in [0.25, 0.3) is 0 Å². The summed E-state index contributed by atoms with van der Waals surface area (Å²) < 4.78 is 0. The zero-order chi connectivity index (χ0) is 15.2. The molecule has 1 aliphatic heterocycles. The highest BCUT2D eigenvalue weighted by molar-refractivity contribution is 4.83. The van der Waals surface area contributed by atoms with Crippen LogP contribution in [0.15, 0.2) is 0 Å². The van der Waals surface area contributed by atoms with Crippen molar-refractivity contribution in [2.75, 3.05) is 39.8 Å². The van der Waals surface area contributed by atoms with Crippen LogP contribution in [0.1, 0.15) is 52.9 Å². The maximum atomic E-state index is 3.92. The van der Waals surface area contributed by atoms with E-state index < -0.39 is 0 Å². The van der Waals surface area contributed by atoms with Gasteiger partial charge in [-0.05, 0) is 38.1 Å². The molecule has 2 fully saturated rings. The van der Waals surface area contributed by atoms with E-state index in [2.05, 4.69) is 42.9 Å². The van der Waals surface area contributed by atoms with Gasteiger partial charge in [0.1, 0.15) is 0 Å². The Kier molecular flexibility index (Phi) is 6.97. The minimum absolute atomic E-state index is 0.708. The monoisotopic (exact) mass is 295 g/mol. The number of hydrogen-bond acceptors (Lipinski definition) is 3. The Morgan fingerprint density at radius 3 is 2.38 bits per heavy atom. The van der Waals surface area contributed by atoms with Gasteiger partial charge in [0.2, 0.25) is 0 Å². The van der Waals surface area contributed by atoms with Gasteiger partial charge in [0, 0.05) is 44.8 Å². The van der Waals surface area contributed by atoms with E-state index in [0.717, 1.165) is 17.9 Å². The zero-order valence-corrected chi connectivity index (χ0v) is 14.8. The lowest BCUT2D eigenvalue weighted by Crippen LogP contribution is -2.54. The fourth-order valence-electron chi connectivity index (χ4n) is 3.92. The van der Waals surface area contributed by atoms with Gasteiger partial charge >= 0.3 is 0 Å². The van der Waals surface area contributed by atoms with Crippen LogP contribution in [0, 0.1) is 11.8 Å². The van der Waals surface area contributed by atoms with Crippen molar-refractivity contribution in [2.45, 2.75) is 65.0 Å². The van der Waals surface area contributed by atoms with Gasteiger partial charge in [0.15, 0.2) is 0 Å². The largest absolute Gasteiger partial charge is 0.312 e. The minimum Gasteiger partial charge on any atom is -0.312 e. The molecule has 3 unspecified atom stereocenters. The molecule has 2 aliphatic rings. The van der Waals surface area contributed by atoms with Crippen LogP contribution in [-0.2, 0) is 0 Å². The average Bonchev–Trinajstić information content (AvgIpc) is 2.65. The average molecular weight is 296 g/mol. The van der Waals surface area contributed by atoms with Crippen molar-refractivity contribution >= 4 is 0 Å². The Morgan fingerprint density at radius 1 is 1.00 bits per heavy atom. The van der Waals surface area contributed by atoms with Gasteiger partial charge in [-0.2, -0.15) is 0 Å². The Labute approximate surface area is 132 Å². The topological polar surface area (TPSA) is 18.5 Å². The fourth-order valence-corrected chi connectivity index (χ4v) is 3.92. The summed E-state index contributed by atoms with van der Waals surface area (Å²) in [6, 6.07) is 1.48. The highest BCUT2D eigenvalue weighted by Crippen LogP contribution is 2.23. The molecule has 1 saturated heterocycles. The first-order valence-electron chi connectivity index (χ1n) is 9.22. The molecule has 0 amide bonds. The van der Waals surface area contributed by atoms with Crippen molar-refractivity contribution < 1.29 is 0 Å². The Hall–Kier alpha value is -0.120. The first-order chi connectivity index (χ1) is 10.1. The number of piperazine rings is 1. The summed E-state index contributed by atoms with van der Waals surface area (Å²) in [5.74, 6) is 1.68. The molecule has 3 heteroatoms. The number of hydrogen-bond donors (Lipinski definition) is 1. The lowest BCUT2D eigenvalue weighted by molar-refractivity contribution is 0.0856. The Balaban J connectivity index is 1.79. The van der Waals surface area contributed by atoms with E-state index in [0.29, 0.717) is 6.04 Å². The van der Waals surface area contributed by atoms with E-state index in [1.807, 2.05) is 0 Å². The van der Waals surface area contributed by atoms with Crippen LogP contribution < -0.4 is 5.32 Å². The van der Waals surface area contributed by atoms with Gasteiger partial charge in [-0.3, -0.25) is 4.90 Å². The standard InChI is InChI=1S/C18H37N3/c1-15(2)18(21-12-10-20(4)11-13-21)14-19-17-7-5-6-16(3)8-9-17/h15-19H,5-14H2,1-4H3. The van der Waals surface area contributed by atoms with Crippen LogP contribution in [0.3, 0.4) is 0 Å². The molecule has 2 rings (SSSR count). The van der Waals surface area contributed by atoms with Gasteiger partial charge in [0.05, 0.1) is 0 Å². The highest BCUT2D eigenvalue weighted by Gasteiger charge is 2.26. The number of nitrogens with one attached hydrogen (secondary N) is 1. The molecule has 0 aromatic carbocycles. The van der Waals surface area contributed by atoms with Crippen molar-refractivity contribution in [3.05, 3.63) is 0 Å². The molecule has 0 radical (unpaired) electrons.